The van der Waals surface area contributed by atoms with Crippen LogP contribution in [0.1, 0.15) is 18.9 Å². The van der Waals surface area contributed by atoms with Gasteiger partial charge in [0.1, 0.15) is 5.92 Å². The van der Waals surface area contributed by atoms with Crippen LogP contribution in [0.2, 0.25) is 0 Å². The maximum atomic E-state index is 12.4. The Labute approximate surface area is 124 Å². The highest BCUT2D eigenvalue weighted by Gasteiger charge is 2.39. The first-order chi connectivity index (χ1) is 10.1. The van der Waals surface area contributed by atoms with E-state index >= 15 is 0 Å². The molecule has 2 rings (SSSR count). The molecule has 1 aliphatic heterocycles. The highest BCUT2D eigenvalue weighted by atomic mass is 16.5. The molecular formula is C16H21NO4. The number of carboxylic acid groups (broad SMARTS) is 1. The topological polar surface area (TPSA) is 66.8 Å². The second-order valence-corrected chi connectivity index (χ2v) is 5.21. The van der Waals surface area contributed by atoms with Crippen LogP contribution in [0.4, 0.5) is 0 Å². The van der Waals surface area contributed by atoms with Gasteiger partial charge in [0.05, 0.1) is 19.3 Å². The van der Waals surface area contributed by atoms with E-state index in [0.29, 0.717) is 26.0 Å². The van der Waals surface area contributed by atoms with Gasteiger partial charge in [-0.25, -0.2) is 0 Å². The van der Waals surface area contributed by atoms with E-state index in [0.717, 1.165) is 5.56 Å². The molecule has 1 N–H and O–H groups in total. The molecule has 5 heteroatoms. The molecule has 0 aliphatic carbocycles. The van der Waals surface area contributed by atoms with Gasteiger partial charge >= 0.3 is 5.97 Å². The van der Waals surface area contributed by atoms with Gasteiger partial charge in [0.2, 0.25) is 5.91 Å². The summed E-state index contributed by atoms with van der Waals surface area (Å²) in [6.45, 7) is 2.87. The number of aryl methyl sites for hydroxylation is 1. The van der Waals surface area contributed by atoms with Crippen molar-refractivity contribution in [2.24, 2.45) is 5.92 Å². The molecule has 0 spiro atoms. The number of benzene rings is 1. The van der Waals surface area contributed by atoms with Gasteiger partial charge in [-0.15, -0.1) is 0 Å². The number of amides is 1. The van der Waals surface area contributed by atoms with E-state index in [1.165, 1.54) is 0 Å². The summed E-state index contributed by atoms with van der Waals surface area (Å²) in [5.74, 6) is -1.53. The second kappa shape index (κ2) is 7.22. The summed E-state index contributed by atoms with van der Waals surface area (Å²) >= 11 is 0. The van der Waals surface area contributed by atoms with Crippen molar-refractivity contribution in [3.8, 4) is 0 Å². The maximum Gasteiger partial charge on any atom is 0.311 e. The van der Waals surface area contributed by atoms with Crippen LogP contribution in [0.15, 0.2) is 30.3 Å². The summed E-state index contributed by atoms with van der Waals surface area (Å²) < 4.78 is 5.25. The Morgan fingerprint density at radius 2 is 2.00 bits per heavy atom. The normalized spacial score (nSPS) is 21.2. The van der Waals surface area contributed by atoms with Crippen LogP contribution in [0.25, 0.3) is 0 Å². The van der Waals surface area contributed by atoms with E-state index in [4.69, 9.17) is 4.74 Å². The van der Waals surface area contributed by atoms with Crippen LogP contribution >= 0.6 is 0 Å². The first-order valence-corrected chi connectivity index (χ1v) is 7.27. The van der Waals surface area contributed by atoms with Crippen LogP contribution in [0.5, 0.6) is 0 Å². The lowest BCUT2D eigenvalue weighted by atomic mass is 10.0. The quantitative estimate of drug-likeness (QED) is 0.864. The van der Waals surface area contributed by atoms with Gasteiger partial charge < -0.3 is 14.7 Å². The molecule has 2 unspecified atom stereocenters. The van der Waals surface area contributed by atoms with Crippen LogP contribution in [-0.2, 0) is 20.7 Å². The van der Waals surface area contributed by atoms with Gasteiger partial charge in [0.15, 0.2) is 0 Å². The summed E-state index contributed by atoms with van der Waals surface area (Å²) in [5, 5.41) is 9.20. The van der Waals surface area contributed by atoms with Crippen molar-refractivity contribution in [2.45, 2.75) is 25.8 Å². The van der Waals surface area contributed by atoms with E-state index < -0.39 is 11.9 Å². The lowest BCUT2D eigenvalue weighted by Gasteiger charge is -2.29. The molecule has 1 aliphatic rings. The van der Waals surface area contributed by atoms with Crippen LogP contribution in [0.3, 0.4) is 0 Å². The Kier molecular flexibility index (Phi) is 5.33. The Bertz CT molecular complexity index is 488. The van der Waals surface area contributed by atoms with Crippen molar-refractivity contribution in [3.63, 3.8) is 0 Å². The van der Waals surface area contributed by atoms with Crippen LogP contribution < -0.4 is 0 Å². The number of hydrogen-bond donors (Lipinski definition) is 1. The molecule has 0 aromatic heterocycles. The van der Waals surface area contributed by atoms with E-state index in [9.17, 15) is 14.7 Å². The highest BCUT2D eigenvalue weighted by molar-refractivity contribution is 5.78. The number of nitrogens with zero attached hydrogens (tertiary/aromatic N) is 1. The van der Waals surface area contributed by atoms with E-state index in [1.54, 1.807) is 4.90 Å². The molecule has 5 nitrogen and oxygen atoms in total. The zero-order valence-electron chi connectivity index (χ0n) is 12.2. The molecule has 2 atom stereocenters. The lowest BCUT2D eigenvalue weighted by Crippen LogP contribution is -2.46. The molecule has 114 valence electrons. The minimum absolute atomic E-state index is 0.0110. The minimum Gasteiger partial charge on any atom is -0.481 e. The highest BCUT2D eigenvalue weighted by Crippen LogP contribution is 2.21. The van der Waals surface area contributed by atoms with Gasteiger partial charge in [0.25, 0.3) is 0 Å². The van der Waals surface area contributed by atoms with Crippen molar-refractivity contribution < 1.29 is 19.4 Å². The van der Waals surface area contributed by atoms with Gasteiger partial charge in [0, 0.05) is 13.0 Å². The molecule has 1 heterocycles. The average Bonchev–Trinajstić information content (AvgIpc) is 2.96. The zero-order valence-corrected chi connectivity index (χ0v) is 12.2. The SMILES string of the molecule is CCN(C(=O)CCc1ccccc1)C1COCC1C(=O)O. The summed E-state index contributed by atoms with van der Waals surface area (Å²) in [6, 6.07) is 9.46. The molecule has 1 aromatic carbocycles. The van der Waals surface area contributed by atoms with Crippen LogP contribution in [0, 0.1) is 5.92 Å². The molecule has 0 saturated carbocycles. The maximum absolute atomic E-state index is 12.4. The Morgan fingerprint density at radius 1 is 1.29 bits per heavy atom. The van der Waals surface area contributed by atoms with Gasteiger partial charge in [-0.05, 0) is 18.9 Å². The number of carboxylic acids is 1. The Balaban J connectivity index is 1.97. The van der Waals surface area contributed by atoms with E-state index in [1.807, 2.05) is 37.3 Å². The number of carbonyl (C=O) groups excluding carboxylic acids is 1. The zero-order chi connectivity index (χ0) is 15.2. The number of aliphatic carboxylic acids is 1. The first kappa shape index (κ1) is 15.5. The summed E-state index contributed by atoms with van der Waals surface area (Å²) in [5.41, 5.74) is 1.11. The fraction of sp³-hybridized carbons (Fsp3) is 0.500. The third-order valence-electron chi connectivity index (χ3n) is 3.90. The number of likely N-dealkylation sites (N-methyl/N-ethyl adjacent to an activating group) is 1. The van der Waals surface area contributed by atoms with Crippen molar-refractivity contribution in [2.75, 3.05) is 19.8 Å². The second-order valence-electron chi connectivity index (χ2n) is 5.21. The first-order valence-electron chi connectivity index (χ1n) is 7.27. The molecule has 1 saturated heterocycles. The third kappa shape index (κ3) is 3.82. The number of rotatable bonds is 6. The Morgan fingerprint density at radius 3 is 2.62 bits per heavy atom. The summed E-state index contributed by atoms with van der Waals surface area (Å²) in [7, 11) is 0. The number of hydrogen-bond acceptors (Lipinski definition) is 3. The predicted octanol–water partition coefficient (Wildman–Crippen LogP) is 1.57. The smallest absolute Gasteiger partial charge is 0.311 e. The molecule has 1 fully saturated rings. The molecule has 0 bridgehead atoms. The monoisotopic (exact) mass is 291 g/mol. The third-order valence-corrected chi connectivity index (χ3v) is 3.90. The standard InChI is InChI=1S/C16H21NO4/c1-2-17(14-11-21-10-13(14)16(19)20)15(18)9-8-12-6-4-3-5-7-12/h3-7,13-14H,2,8-11H2,1H3,(H,19,20). The van der Waals surface area contributed by atoms with E-state index in [-0.39, 0.29) is 18.6 Å². The van der Waals surface area contributed by atoms with Crippen molar-refractivity contribution in [1.82, 2.24) is 4.90 Å². The molecule has 21 heavy (non-hydrogen) atoms. The summed E-state index contributed by atoms with van der Waals surface area (Å²) in [4.78, 5) is 25.2. The number of carbonyl (C=O) groups is 2. The molecular weight excluding hydrogens is 270 g/mol. The predicted molar refractivity (Wildman–Crippen MR) is 77.9 cm³/mol. The van der Waals surface area contributed by atoms with Crippen LogP contribution in [-0.4, -0.2) is 47.7 Å². The molecule has 0 radical (unpaired) electrons. The van der Waals surface area contributed by atoms with Crippen molar-refractivity contribution in [3.05, 3.63) is 35.9 Å². The van der Waals surface area contributed by atoms with E-state index in [2.05, 4.69) is 0 Å². The van der Waals surface area contributed by atoms with Crippen molar-refractivity contribution in [1.29, 1.82) is 0 Å². The summed E-state index contributed by atoms with van der Waals surface area (Å²) in [6.07, 6.45) is 1.06. The van der Waals surface area contributed by atoms with Gasteiger partial charge in [-0.1, -0.05) is 30.3 Å². The minimum atomic E-state index is -0.896. The van der Waals surface area contributed by atoms with Gasteiger partial charge in [-0.3, -0.25) is 9.59 Å². The molecule has 1 amide bonds. The van der Waals surface area contributed by atoms with Crippen molar-refractivity contribution >= 4 is 11.9 Å². The fourth-order valence-corrected chi connectivity index (χ4v) is 2.72. The van der Waals surface area contributed by atoms with Gasteiger partial charge in [-0.2, -0.15) is 0 Å². The fourth-order valence-electron chi connectivity index (χ4n) is 2.72. The largest absolute Gasteiger partial charge is 0.481 e. The average molecular weight is 291 g/mol. The lowest BCUT2D eigenvalue weighted by molar-refractivity contribution is -0.145. The Hall–Kier alpha value is -1.88. The molecule has 1 aromatic rings. The number of ether oxygens (including phenoxy) is 1.